The molecule has 0 bridgehead atoms. The van der Waals surface area contributed by atoms with Crippen molar-refractivity contribution in [3.05, 3.63) is 71.1 Å². The van der Waals surface area contributed by atoms with E-state index in [-0.39, 0.29) is 12.2 Å². The molecule has 0 aromatic heterocycles. The Labute approximate surface area is 187 Å². The van der Waals surface area contributed by atoms with Gasteiger partial charge in [-0.25, -0.2) is 13.2 Å². The zero-order chi connectivity index (χ0) is 22.6. The monoisotopic (exact) mass is 432 g/mol. The number of benzene rings is 1. The van der Waals surface area contributed by atoms with Gasteiger partial charge in [0.25, 0.3) is 0 Å². The minimum atomic E-state index is -0.694. The Bertz CT molecular complexity index is 752. The molecule has 1 aromatic carbocycles. The molecule has 0 radical (unpaired) electrons. The SMILES string of the molecule is C=C/C=C(CCC1CCC(c2ccc(CCCC)c(F)c2)CC1)\C(F)=C(\F)CCCC. The zero-order valence-corrected chi connectivity index (χ0v) is 19.4. The van der Waals surface area contributed by atoms with Crippen LogP contribution < -0.4 is 0 Å². The molecule has 2 rings (SSSR count). The van der Waals surface area contributed by atoms with Crippen molar-refractivity contribution in [3.8, 4) is 0 Å². The summed E-state index contributed by atoms with van der Waals surface area (Å²) in [7, 11) is 0. The maximum atomic E-state index is 14.5. The van der Waals surface area contributed by atoms with Crippen LogP contribution >= 0.6 is 0 Å². The van der Waals surface area contributed by atoms with Gasteiger partial charge in [-0.3, -0.25) is 0 Å². The predicted octanol–water partition coefficient (Wildman–Crippen LogP) is 9.68. The lowest BCUT2D eigenvalue weighted by Crippen LogP contribution is -2.14. The van der Waals surface area contributed by atoms with Crippen LogP contribution in [0, 0.1) is 11.7 Å². The van der Waals surface area contributed by atoms with Crippen LogP contribution in [-0.4, -0.2) is 0 Å². The molecular formula is C28H39F3. The second-order valence-electron chi connectivity index (χ2n) is 8.96. The van der Waals surface area contributed by atoms with E-state index in [0.29, 0.717) is 30.3 Å². The second kappa shape index (κ2) is 13.6. The Morgan fingerprint density at radius 2 is 1.74 bits per heavy atom. The minimum absolute atomic E-state index is 0.0698. The Morgan fingerprint density at radius 1 is 1.03 bits per heavy atom. The summed E-state index contributed by atoms with van der Waals surface area (Å²) in [6.07, 6.45) is 13.2. The average Bonchev–Trinajstić information content (AvgIpc) is 2.79. The van der Waals surface area contributed by atoms with Crippen LogP contribution in [0.5, 0.6) is 0 Å². The molecule has 3 heteroatoms. The van der Waals surface area contributed by atoms with Gasteiger partial charge in [-0.05, 0) is 92.4 Å². The molecule has 31 heavy (non-hydrogen) atoms. The fourth-order valence-corrected chi connectivity index (χ4v) is 4.56. The Kier molecular flexibility index (Phi) is 11.2. The second-order valence-corrected chi connectivity index (χ2v) is 8.96. The molecular weight excluding hydrogens is 393 g/mol. The first-order chi connectivity index (χ1) is 15.0. The quantitative estimate of drug-likeness (QED) is 0.288. The molecule has 0 heterocycles. The van der Waals surface area contributed by atoms with Crippen LogP contribution in [0.15, 0.2) is 54.2 Å². The smallest absolute Gasteiger partial charge is 0.157 e. The summed E-state index contributed by atoms with van der Waals surface area (Å²) in [5.74, 6) is -0.495. The number of halogens is 3. The van der Waals surface area contributed by atoms with E-state index in [1.165, 1.54) is 6.08 Å². The van der Waals surface area contributed by atoms with Gasteiger partial charge in [-0.2, -0.15) is 0 Å². The minimum Gasteiger partial charge on any atom is -0.209 e. The van der Waals surface area contributed by atoms with Gasteiger partial charge in [0.1, 0.15) is 11.6 Å². The fraction of sp³-hybridized carbons (Fsp3) is 0.571. The Morgan fingerprint density at radius 3 is 2.35 bits per heavy atom. The molecule has 0 nitrogen and oxygen atoms in total. The van der Waals surface area contributed by atoms with Gasteiger partial charge < -0.3 is 0 Å². The predicted molar refractivity (Wildman–Crippen MR) is 126 cm³/mol. The first-order valence-corrected chi connectivity index (χ1v) is 12.1. The first-order valence-electron chi connectivity index (χ1n) is 12.1. The lowest BCUT2D eigenvalue weighted by Gasteiger charge is -2.29. The first kappa shape index (κ1) is 25.5. The van der Waals surface area contributed by atoms with Gasteiger partial charge in [0, 0.05) is 6.42 Å². The summed E-state index contributed by atoms with van der Waals surface area (Å²) in [6.45, 7) is 7.74. The van der Waals surface area contributed by atoms with Crippen molar-refractivity contribution >= 4 is 0 Å². The summed E-state index contributed by atoms with van der Waals surface area (Å²) < 4.78 is 43.0. The van der Waals surface area contributed by atoms with E-state index >= 15 is 0 Å². The number of aryl methyl sites for hydroxylation is 1. The topological polar surface area (TPSA) is 0 Å². The van der Waals surface area contributed by atoms with E-state index in [4.69, 9.17) is 0 Å². The highest BCUT2D eigenvalue weighted by molar-refractivity contribution is 5.31. The lowest BCUT2D eigenvalue weighted by atomic mass is 9.76. The van der Waals surface area contributed by atoms with E-state index in [2.05, 4.69) is 19.6 Å². The molecule has 1 aromatic rings. The molecule has 0 atom stereocenters. The lowest BCUT2D eigenvalue weighted by molar-refractivity contribution is 0.309. The number of hydrogen-bond donors (Lipinski definition) is 0. The number of allylic oxidation sites excluding steroid dienone is 5. The molecule has 1 aliphatic rings. The van der Waals surface area contributed by atoms with Crippen molar-refractivity contribution in [3.63, 3.8) is 0 Å². The van der Waals surface area contributed by atoms with E-state index in [0.717, 1.165) is 68.9 Å². The number of unbranched alkanes of at least 4 members (excludes halogenated alkanes) is 2. The molecule has 172 valence electrons. The van der Waals surface area contributed by atoms with Crippen LogP contribution in [0.4, 0.5) is 13.2 Å². The van der Waals surface area contributed by atoms with Gasteiger partial charge >= 0.3 is 0 Å². The van der Waals surface area contributed by atoms with Crippen molar-refractivity contribution in [1.82, 2.24) is 0 Å². The van der Waals surface area contributed by atoms with Gasteiger partial charge in [0.05, 0.1) is 0 Å². The van der Waals surface area contributed by atoms with Gasteiger partial charge in [0.2, 0.25) is 0 Å². The van der Waals surface area contributed by atoms with Crippen molar-refractivity contribution in [2.24, 2.45) is 5.92 Å². The summed E-state index contributed by atoms with van der Waals surface area (Å²) >= 11 is 0. The maximum absolute atomic E-state index is 14.5. The van der Waals surface area contributed by atoms with Crippen molar-refractivity contribution in [2.45, 2.75) is 96.8 Å². The average molecular weight is 433 g/mol. The highest BCUT2D eigenvalue weighted by Crippen LogP contribution is 2.39. The molecule has 0 spiro atoms. The Balaban J connectivity index is 1.89. The fourth-order valence-electron chi connectivity index (χ4n) is 4.56. The maximum Gasteiger partial charge on any atom is 0.157 e. The summed E-state index contributed by atoms with van der Waals surface area (Å²) in [6, 6.07) is 5.80. The third-order valence-corrected chi connectivity index (χ3v) is 6.61. The normalized spacial score (nSPS) is 20.5. The van der Waals surface area contributed by atoms with Crippen LogP contribution in [0.1, 0.15) is 102 Å². The summed E-state index contributed by atoms with van der Waals surface area (Å²) in [4.78, 5) is 0. The van der Waals surface area contributed by atoms with Crippen LogP contribution in [0.2, 0.25) is 0 Å². The molecule has 0 unspecified atom stereocenters. The molecule has 0 amide bonds. The van der Waals surface area contributed by atoms with Gasteiger partial charge in [-0.15, -0.1) is 0 Å². The van der Waals surface area contributed by atoms with E-state index in [1.54, 1.807) is 12.1 Å². The third kappa shape index (κ3) is 8.01. The highest BCUT2D eigenvalue weighted by atomic mass is 19.2. The van der Waals surface area contributed by atoms with Crippen LogP contribution in [-0.2, 0) is 6.42 Å². The zero-order valence-electron chi connectivity index (χ0n) is 19.4. The van der Waals surface area contributed by atoms with E-state index in [9.17, 15) is 13.2 Å². The Hall–Kier alpha value is -1.77. The van der Waals surface area contributed by atoms with E-state index in [1.807, 2.05) is 13.0 Å². The van der Waals surface area contributed by atoms with Crippen molar-refractivity contribution in [2.75, 3.05) is 0 Å². The van der Waals surface area contributed by atoms with Gasteiger partial charge in [-0.1, -0.05) is 57.6 Å². The molecule has 0 aliphatic heterocycles. The third-order valence-electron chi connectivity index (χ3n) is 6.61. The highest BCUT2D eigenvalue weighted by Gasteiger charge is 2.24. The van der Waals surface area contributed by atoms with Crippen molar-refractivity contribution in [1.29, 1.82) is 0 Å². The standard InChI is InChI=1S/C28H39F3/c1-4-7-10-23-18-19-25(20-27(23)30)22-15-12-21(13-16-22)14-17-24(9-6-3)28(31)26(29)11-8-5-2/h6,9,18-22H,3-5,7-8,10-17H2,1-2H3/b24-9-,28-26-. The summed E-state index contributed by atoms with van der Waals surface area (Å²) in [5.41, 5.74) is 2.35. The number of rotatable bonds is 12. The molecule has 1 fully saturated rings. The number of hydrogen-bond acceptors (Lipinski definition) is 0. The molecule has 1 aliphatic carbocycles. The largest absolute Gasteiger partial charge is 0.209 e. The summed E-state index contributed by atoms with van der Waals surface area (Å²) in [5, 5.41) is 0. The van der Waals surface area contributed by atoms with Crippen LogP contribution in [0.3, 0.4) is 0 Å². The van der Waals surface area contributed by atoms with Crippen LogP contribution in [0.25, 0.3) is 0 Å². The van der Waals surface area contributed by atoms with Gasteiger partial charge in [0.15, 0.2) is 5.83 Å². The van der Waals surface area contributed by atoms with Crippen molar-refractivity contribution < 1.29 is 13.2 Å². The van der Waals surface area contributed by atoms with E-state index < -0.39 is 11.7 Å². The molecule has 1 saturated carbocycles. The molecule has 0 saturated heterocycles. The molecule has 0 N–H and O–H groups in total.